The monoisotopic (exact) mass is 402 g/mol. The Balaban J connectivity index is 1.85. The zero-order valence-electron chi connectivity index (χ0n) is 15.0. The summed E-state index contributed by atoms with van der Waals surface area (Å²) < 4.78 is 10.7. The summed E-state index contributed by atoms with van der Waals surface area (Å²) in [6.07, 6.45) is 2.51. The predicted octanol–water partition coefficient (Wildman–Crippen LogP) is 5.52. The molecule has 3 aromatic rings. The van der Waals surface area contributed by atoms with Gasteiger partial charge in [-0.2, -0.15) is 4.33 Å². The van der Waals surface area contributed by atoms with Crippen molar-refractivity contribution in [3.8, 4) is 17.1 Å². The number of ether oxygens (including phenoxy) is 1. The highest BCUT2D eigenvalue weighted by molar-refractivity contribution is 7.94. The minimum Gasteiger partial charge on any atom is -0.470 e. The van der Waals surface area contributed by atoms with Gasteiger partial charge in [0.05, 0.1) is 30.5 Å². The molecule has 0 bridgehead atoms. The average molecular weight is 403 g/mol. The molecule has 1 aromatic carbocycles. The highest BCUT2D eigenvalue weighted by atomic mass is 35.5. The molecule has 0 radical (unpaired) electrons. The molecule has 0 N–H and O–H groups in total. The zero-order valence-corrected chi connectivity index (χ0v) is 16.6. The van der Waals surface area contributed by atoms with Crippen molar-refractivity contribution in [3.05, 3.63) is 71.0 Å². The molecule has 0 saturated carbocycles. The molecule has 0 aliphatic rings. The van der Waals surface area contributed by atoms with Crippen molar-refractivity contribution in [1.29, 1.82) is 0 Å². The first-order chi connectivity index (χ1) is 13.2. The molecule has 27 heavy (non-hydrogen) atoms. The van der Waals surface area contributed by atoms with E-state index in [-0.39, 0.29) is 0 Å². The van der Waals surface area contributed by atoms with Gasteiger partial charge >= 0.3 is 0 Å². The van der Waals surface area contributed by atoms with Crippen molar-refractivity contribution < 1.29 is 14.0 Å². The lowest BCUT2D eigenvalue weighted by Gasteiger charge is -2.12. The van der Waals surface area contributed by atoms with Crippen LogP contribution in [0.2, 0.25) is 5.02 Å². The van der Waals surface area contributed by atoms with Crippen LogP contribution in [0.5, 0.6) is 5.88 Å². The van der Waals surface area contributed by atoms with E-state index in [2.05, 4.69) is 21.8 Å². The van der Waals surface area contributed by atoms with Crippen molar-refractivity contribution in [3.63, 3.8) is 0 Å². The normalized spacial score (nSPS) is 10.8. The summed E-state index contributed by atoms with van der Waals surface area (Å²) in [4.78, 5) is 14.4. The quantitative estimate of drug-likeness (QED) is 0.281. The van der Waals surface area contributed by atoms with Crippen molar-refractivity contribution >= 4 is 23.6 Å². The maximum atomic E-state index is 6.48. The highest BCUT2D eigenvalue weighted by Crippen LogP contribution is 2.32. The van der Waals surface area contributed by atoms with Crippen molar-refractivity contribution in [2.45, 2.75) is 24.8 Å². The minimum absolute atomic E-state index is 0.310. The lowest BCUT2D eigenvalue weighted by atomic mass is 10.1. The molecule has 0 spiro atoms. The molecular weight excluding hydrogens is 384 g/mol. The number of aromatic nitrogens is 2. The Labute approximate surface area is 167 Å². The number of pyridine rings is 2. The highest BCUT2D eigenvalue weighted by Gasteiger charge is 2.13. The Morgan fingerprint density at radius 3 is 2.59 bits per heavy atom. The smallest absolute Gasteiger partial charge is 0.233 e. The van der Waals surface area contributed by atoms with Gasteiger partial charge < -0.3 is 4.74 Å². The first-order valence-electron chi connectivity index (χ1n) is 8.41. The van der Waals surface area contributed by atoms with Gasteiger partial charge in [0.25, 0.3) is 0 Å². The molecular formula is C20H19ClN2O3S. The fraction of sp³-hybridized carbons (Fsp3) is 0.200. The van der Waals surface area contributed by atoms with E-state index in [1.165, 1.54) is 7.11 Å². The molecule has 0 saturated heterocycles. The van der Waals surface area contributed by atoms with Crippen LogP contribution in [-0.4, -0.2) is 17.1 Å². The van der Waals surface area contributed by atoms with Crippen molar-refractivity contribution in [2.24, 2.45) is 0 Å². The standard InChI is InChI=1S/C20H19ClN2O3S/c1-3-14-12-18(15-7-9-17(10-8-15)27-26-24-2)23-20(19(14)21)25-13-16-6-4-5-11-22-16/h4-12H,3,13H2,1-2H3. The third kappa shape index (κ3) is 5.20. The number of aryl methyl sites for hydroxylation is 1. The first-order valence-corrected chi connectivity index (χ1v) is 9.53. The second kappa shape index (κ2) is 9.71. The lowest BCUT2D eigenvalue weighted by Crippen LogP contribution is -2.02. The Kier molecular flexibility index (Phi) is 7.06. The number of nitrogens with zero attached hydrogens (tertiary/aromatic N) is 2. The van der Waals surface area contributed by atoms with Gasteiger partial charge in [-0.25, -0.2) is 9.87 Å². The van der Waals surface area contributed by atoms with Crippen LogP contribution in [0.25, 0.3) is 11.3 Å². The van der Waals surface area contributed by atoms with E-state index in [4.69, 9.17) is 20.7 Å². The topological polar surface area (TPSA) is 53.5 Å². The van der Waals surface area contributed by atoms with Crippen LogP contribution in [0, 0.1) is 0 Å². The molecule has 0 amide bonds. The average Bonchev–Trinajstić information content (AvgIpc) is 2.72. The van der Waals surface area contributed by atoms with Crippen molar-refractivity contribution in [2.75, 3.05) is 7.11 Å². The summed E-state index contributed by atoms with van der Waals surface area (Å²) in [6, 6.07) is 15.5. The van der Waals surface area contributed by atoms with Crippen LogP contribution in [0.1, 0.15) is 18.2 Å². The summed E-state index contributed by atoms with van der Waals surface area (Å²) in [5.41, 5.74) is 3.57. The predicted molar refractivity (Wildman–Crippen MR) is 107 cm³/mol. The van der Waals surface area contributed by atoms with Crippen LogP contribution >= 0.6 is 23.6 Å². The third-order valence-corrected chi connectivity index (χ3v) is 4.89. The Morgan fingerprint density at radius 2 is 1.93 bits per heavy atom. The molecule has 5 nitrogen and oxygen atoms in total. The molecule has 0 aliphatic carbocycles. The van der Waals surface area contributed by atoms with E-state index in [9.17, 15) is 0 Å². The maximum Gasteiger partial charge on any atom is 0.233 e. The minimum atomic E-state index is 0.310. The van der Waals surface area contributed by atoms with Gasteiger partial charge in [0, 0.05) is 16.7 Å². The van der Waals surface area contributed by atoms with Crippen LogP contribution in [-0.2, 0) is 22.2 Å². The SMILES string of the molecule is CCc1cc(-c2ccc(SOOC)cc2)nc(OCc2ccccn2)c1Cl. The van der Waals surface area contributed by atoms with Gasteiger partial charge in [-0.15, -0.1) is 0 Å². The van der Waals surface area contributed by atoms with Crippen LogP contribution in [0.15, 0.2) is 59.6 Å². The second-order valence-corrected chi connectivity index (χ2v) is 6.74. The summed E-state index contributed by atoms with van der Waals surface area (Å²) >= 11 is 7.62. The van der Waals surface area contributed by atoms with Gasteiger partial charge in [0.15, 0.2) is 0 Å². The summed E-state index contributed by atoms with van der Waals surface area (Å²) in [7, 11) is 1.47. The third-order valence-electron chi connectivity index (χ3n) is 3.81. The molecule has 7 heteroatoms. The van der Waals surface area contributed by atoms with E-state index >= 15 is 0 Å². The second-order valence-electron chi connectivity index (χ2n) is 5.59. The van der Waals surface area contributed by atoms with Crippen LogP contribution in [0.3, 0.4) is 0 Å². The van der Waals surface area contributed by atoms with E-state index in [0.29, 0.717) is 17.5 Å². The number of hydrogen-bond acceptors (Lipinski definition) is 6. The molecule has 0 atom stereocenters. The molecule has 0 aliphatic heterocycles. The molecule has 2 aromatic heterocycles. The summed E-state index contributed by atoms with van der Waals surface area (Å²) in [6.45, 7) is 2.36. The fourth-order valence-corrected chi connectivity index (χ4v) is 3.12. The molecule has 2 heterocycles. The van der Waals surface area contributed by atoms with Gasteiger partial charge in [0.1, 0.15) is 11.6 Å². The summed E-state index contributed by atoms with van der Waals surface area (Å²) in [5.74, 6) is 0.415. The first kappa shape index (κ1) is 19.6. The molecule has 3 rings (SSSR count). The van der Waals surface area contributed by atoms with Gasteiger partial charge in [0.2, 0.25) is 5.88 Å². The van der Waals surface area contributed by atoms with Crippen LogP contribution < -0.4 is 4.74 Å². The Bertz CT molecular complexity index is 876. The van der Waals surface area contributed by atoms with Gasteiger partial charge in [-0.05, 0) is 42.3 Å². The fourth-order valence-electron chi connectivity index (χ4n) is 2.44. The Hall–Kier alpha value is -2.12. The molecule has 140 valence electrons. The largest absolute Gasteiger partial charge is 0.470 e. The maximum absolute atomic E-state index is 6.48. The zero-order chi connectivity index (χ0) is 19.1. The van der Waals surface area contributed by atoms with E-state index < -0.39 is 0 Å². The van der Waals surface area contributed by atoms with Gasteiger partial charge in [-0.1, -0.05) is 36.7 Å². The lowest BCUT2D eigenvalue weighted by molar-refractivity contribution is -0.160. The summed E-state index contributed by atoms with van der Waals surface area (Å²) in [5, 5.41) is 0.540. The van der Waals surface area contributed by atoms with E-state index in [1.54, 1.807) is 6.20 Å². The molecule has 0 unspecified atom stereocenters. The van der Waals surface area contributed by atoms with Crippen LogP contribution in [0.4, 0.5) is 0 Å². The molecule has 0 fully saturated rings. The number of benzene rings is 1. The van der Waals surface area contributed by atoms with E-state index in [1.807, 2.05) is 48.5 Å². The Morgan fingerprint density at radius 1 is 1.11 bits per heavy atom. The van der Waals surface area contributed by atoms with E-state index in [0.717, 1.165) is 45.9 Å². The number of rotatable bonds is 8. The number of halogens is 1. The van der Waals surface area contributed by atoms with Gasteiger partial charge in [-0.3, -0.25) is 4.98 Å². The van der Waals surface area contributed by atoms with Crippen molar-refractivity contribution in [1.82, 2.24) is 9.97 Å². The number of hydrogen-bond donors (Lipinski definition) is 0.